The van der Waals surface area contributed by atoms with Crippen LogP contribution in [0, 0.1) is 0 Å². The zero-order valence-corrected chi connectivity index (χ0v) is 9.33. The maximum atomic E-state index is 11.0. The highest BCUT2D eigenvalue weighted by molar-refractivity contribution is 7.99. The summed E-state index contributed by atoms with van der Waals surface area (Å²) in [5.41, 5.74) is 5.24. The van der Waals surface area contributed by atoms with Gasteiger partial charge in [0, 0.05) is 18.1 Å². The third kappa shape index (κ3) is 4.26. The Hall–Kier alpha value is -1.14. The van der Waals surface area contributed by atoms with Crippen molar-refractivity contribution in [2.24, 2.45) is 5.73 Å². The van der Waals surface area contributed by atoms with E-state index in [1.54, 1.807) is 18.6 Å². The van der Waals surface area contributed by atoms with Gasteiger partial charge in [0.2, 0.25) is 5.91 Å². The predicted molar refractivity (Wildman–Crippen MR) is 59.4 cm³/mol. The van der Waals surface area contributed by atoms with E-state index in [1.807, 2.05) is 6.92 Å². The number of thioether (sulfide) groups is 1. The molecule has 0 saturated heterocycles. The van der Waals surface area contributed by atoms with E-state index in [9.17, 15) is 4.79 Å². The summed E-state index contributed by atoms with van der Waals surface area (Å²) in [6.07, 6.45) is 4.89. The monoisotopic (exact) mass is 226 g/mol. The second-order valence-corrected chi connectivity index (χ2v) is 3.91. The summed E-state index contributed by atoms with van der Waals surface area (Å²) in [4.78, 5) is 19.0. The Balaban J connectivity index is 2.43. The molecule has 1 amide bonds. The van der Waals surface area contributed by atoms with E-state index in [1.165, 1.54) is 11.8 Å². The zero-order chi connectivity index (χ0) is 11.1. The molecule has 15 heavy (non-hydrogen) atoms. The summed E-state index contributed by atoms with van der Waals surface area (Å²) in [5.74, 6) is 0.232. The van der Waals surface area contributed by atoms with E-state index in [2.05, 4.69) is 15.3 Å². The van der Waals surface area contributed by atoms with Crippen molar-refractivity contribution in [1.82, 2.24) is 15.3 Å². The number of amides is 1. The molecule has 1 unspecified atom stereocenters. The predicted octanol–water partition coefficient (Wildman–Crippen LogP) is 0.0321. The Morgan fingerprint density at radius 1 is 1.67 bits per heavy atom. The highest BCUT2D eigenvalue weighted by Crippen LogP contribution is 2.13. The molecule has 0 aliphatic heterocycles. The number of aromatic nitrogens is 2. The van der Waals surface area contributed by atoms with E-state index >= 15 is 0 Å². The third-order valence-corrected chi connectivity index (χ3v) is 2.74. The molecule has 0 fully saturated rings. The minimum atomic E-state index is -0.340. The summed E-state index contributed by atoms with van der Waals surface area (Å²) in [6.45, 7) is 2.65. The van der Waals surface area contributed by atoms with Crippen molar-refractivity contribution in [3.05, 3.63) is 18.6 Å². The number of primary amides is 1. The number of nitrogens with zero attached hydrogens (tertiary/aromatic N) is 2. The van der Waals surface area contributed by atoms with Crippen LogP contribution in [0.1, 0.15) is 6.92 Å². The van der Waals surface area contributed by atoms with E-state index in [-0.39, 0.29) is 11.9 Å². The molecule has 0 saturated carbocycles. The fourth-order valence-electron chi connectivity index (χ4n) is 1.02. The Kier molecular flexibility index (Phi) is 5.06. The first kappa shape index (κ1) is 11.9. The van der Waals surface area contributed by atoms with Gasteiger partial charge in [-0.25, -0.2) is 4.98 Å². The molecule has 0 radical (unpaired) electrons. The molecule has 1 aromatic rings. The number of carbonyl (C=O) groups is 1. The molecular weight excluding hydrogens is 212 g/mol. The van der Waals surface area contributed by atoms with Gasteiger partial charge < -0.3 is 11.1 Å². The van der Waals surface area contributed by atoms with Gasteiger partial charge in [0.25, 0.3) is 0 Å². The molecule has 0 bridgehead atoms. The van der Waals surface area contributed by atoms with Crippen LogP contribution in [0.15, 0.2) is 23.6 Å². The lowest BCUT2D eigenvalue weighted by atomic mass is 10.3. The van der Waals surface area contributed by atoms with Gasteiger partial charge in [-0.05, 0) is 6.54 Å². The molecule has 0 aromatic carbocycles. The summed E-state index contributed by atoms with van der Waals surface area (Å²) < 4.78 is 0. The molecule has 0 aliphatic carbocycles. The standard InChI is InChI=1S/C9H14N4OS/c1-2-12-7(9(10)14)6-15-8-5-11-3-4-13-8/h3-5,7,12H,2,6H2,1H3,(H2,10,14). The van der Waals surface area contributed by atoms with Crippen LogP contribution in [0.25, 0.3) is 0 Å². The van der Waals surface area contributed by atoms with Crippen LogP contribution in [0.2, 0.25) is 0 Å². The molecule has 1 aromatic heterocycles. The van der Waals surface area contributed by atoms with Crippen molar-refractivity contribution in [2.75, 3.05) is 12.3 Å². The molecule has 0 aliphatic rings. The molecule has 1 atom stereocenters. The van der Waals surface area contributed by atoms with E-state index < -0.39 is 0 Å². The molecular formula is C9H14N4OS. The van der Waals surface area contributed by atoms with E-state index in [0.29, 0.717) is 12.3 Å². The molecule has 82 valence electrons. The van der Waals surface area contributed by atoms with Crippen molar-refractivity contribution in [3.8, 4) is 0 Å². The number of likely N-dealkylation sites (N-methyl/N-ethyl adjacent to an activating group) is 1. The molecule has 5 nitrogen and oxygen atoms in total. The highest BCUT2D eigenvalue weighted by Gasteiger charge is 2.13. The van der Waals surface area contributed by atoms with Gasteiger partial charge in [0.05, 0.1) is 12.2 Å². The van der Waals surface area contributed by atoms with Crippen LogP contribution in [-0.4, -0.2) is 34.2 Å². The zero-order valence-electron chi connectivity index (χ0n) is 8.51. The minimum Gasteiger partial charge on any atom is -0.368 e. The van der Waals surface area contributed by atoms with Gasteiger partial charge in [0.1, 0.15) is 5.03 Å². The van der Waals surface area contributed by atoms with Crippen LogP contribution < -0.4 is 11.1 Å². The first-order chi connectivity index (χ1) is 7.24. The SMILES string of the molecule is CCNC(CSc1cnccn1)C(N)=O. The van der Waals surface area contributed by atoms with E-state index in [0.717, 1.165) is 5.03 Å². The average molecular weight is 226 g/mol. The average Bonchev–Trinajstić information content (AvgIpc) is 2.25. The lowest BCUT2D eigenvalue weighted by Gasteiger charge is -2.12. The largest absolute Gasteiger partial charge is 0.368 e. The second-order valence-electron chi connectivity index (χ2n) is 2.87. The number of hydrogen-bond donors (Lipinski definition) is 2. The Morgan fingerprint density at radius 2 is 2.47 bits per heavy atom. The first-order valence-corrected chi connectivity index (χ1v) is 5.64. The van der Waals surface area contributed by atoms with Crippen LogP contribution in [-0.2, 0) is 4.79 Å². The van der Waals surface area contributed by atoms with Crippen LogP contribution in [0.4, 0.5) is 0 Å². The number of nitrogens with one attached hydrogen (secondary N) is 1. The van der Waals surface area contributed by atoms with E-state index in [4.69, 9.17) is 5.73 Å². The molecule has 1 rings (SSSR count). The van der Waals surface area contributed by atoms with Gasteiger partial charge in [0.15, 0.2) is 0 Å². The Morgan fingerprint density at radius 3 is 3.00 bits per heavy atom. The smallest absolute Gasteiger partial charge is 0.235 e. The van der Waals surface area contributed by atoms with Gasteiger partial charge in [-0.2, -0.15) is 0 Å². The van der Waals surface area contributed by atoms with Crippen molar-refractivity contribution < 1.29 is 4.79 Å². The van der Waals surface area contributed by atoms with Crippen molar-refractivity contribution in [2.45, 2.75) is 18.0 Å². The van der Waals surface area contributed by atoms with Gasteiger partial charge >= 0.3 is 0 Å². The topological polar surface area (TPSA) is 80.9 Å². The van der Waals surface area contributed by atoms with Crippen molar-refractivity contribution in [1.29, 1.82) is 0 Å². The summed E-state index contributed by atoms with van der Waals surface area (Å²) in [7, 11) is 0. The summed E-state index contributed by atoms with van der Waals surface area (Å²) >= 11 is 1.46. The van der Waals surface area contributed by atoms with Gasteiger partial charge in [-0.15, -0.1) is 11.8 Å². The summed E-state index contributed by atoms with van der Waals surface area (Å²) in [6, 6.07) is -0.318. The Labute approximate surface area is 92.9 Å². The van der Waals surface area contributed by atoms with Crippen molar-refractivity contribution >= 4 is 17.7 Å². The maximum absolute atomic E-state index is 11.0. The number of rotatable bonds is 6. The number of hydrogen-bond acceptors (Lipinski definition) is 5. The molecule has 6 heteroatoms. The molecule has 1 heterocycles. The molecule has 0 spiro atoms. The highest BCUT2D eigenvalue weighted by atomic mass is 32.2. The second kappa shape index (κ2) is 6.36. The third-order valence-electron chi connectivity index (χ3n) is 1.73. The minimum absolute atomic E-state index is 0.318. The molecule has 3 N–H and O–H groups in total. The van der Waals surface area contributed by atoms with Crippen LogP contribution in [0.3, 0.4) is 0 Å². The lowest BCUT2D eigenvalue weighted by molar-refractivity contribution is -0.119. The summed E-state index contributed by atoms with van der Waals surface area (Å²) in [5, 5.41) is 3.80. The lowest BCUT2D eigenvalue weighted by Crippen LogP contribution is -2.43. The van der Waals surface area contributed by atoms with Gasteiger partial charge in [-0.1, -0.05) is 6.92 Å². The normalized spacial score (nSPS) is 12.3. The van der Waals surface area contributed by atoms with Crippen LogP contribution >= 0.6 is 11.8 Å². The van der Waals surface area contributed by atoms with Crippen molar-refractivity contribution in [3.63, 3.8) is 0 Å². The van der Waals surface area contributed by atoms with Crippen LogP contribution in [0.5, 0.6) is 0 Å². The Bertz CT molecular complexity index is 306. The fraction of sp³-hybridized carbons (Fsp3) is 0.444. The maximum Gasteiger partial charge on any atom is 0.235 e. The fourth-order valence-corrected chi connectivity index (χ4v) is 1.91. The first-order valence-electron chi connectivity index (χ1n) is 4.65. The van der Waals surface area contributed by atoms with Gasteiger partial charge in [-0.3, -0.25) is 9.78 Å². The quantitative estimate of drug-likeness (QED) is 0.669. The number of nitrogens with two attached hydrogens (primary N) is 1. The number of carbonyl (C=O) groups excluding carboxylic acids is 1.